The summed E-state index contributed by atoms with van der Waals surface area (Å²) in [5.74, 6) is 1.23. The van der Waals surface area contributed by atoms with Crippen LogP contribution in [0.15, 0.2) is 77.6 Å². The van der Waals surface area contributed by atoms with Gasteiger partial charge in [0, 0.05) is 11.5 Å². The second-order valence-corrected chi connectivity index (χ2v) is 5.85. The number of H-pyrrole nitrogens is 1. The van der Waals surface area contributed by atoms with Gasteiger partial charge in [-0.05, 0) is 42.0 Å². The van der Waals surface area contributed by atoms with Gasteiger partial charge in [0.15, 0.2) is 0 Å². The number of rotatable bonds is 3. The summed E-state index contributed by atoms with van der Waals surface area (Å²) in [6.07, 6.45) is 0. The maximum atomic E-state index is 12.4. The molecule has 5 heteroatoms. The Morgan fingerprint density at radius 2 is 1.50 bits per heavy atom. The number of nitrogens with one attached hydrogen (secondary N) is 1. The molecule has 4 aromatic rings. The fourth-order valence-corrected chi connectivity index (χ4v) is 2.85. The lowest BCUT2D eigenvalue weighted by molar-refractivity contribution is 0.474. The zero-order chi connectivity index (χ0) is 18.1. The molecule has 0 bridgehead atoms. The van der Waals surface area contributed by atoms with Crippen molar-refractivity contribution in [1.29, 1.82) is 0 Å². The molecule has 0 fully saturated rings. The zero-order valence-electron chi connectivity index (χ0n) is 13.6. The number of para-hydroxylation sites is 1. The van der Waals surface area contributed by atoms with Gasteiger partial charge < -0.3 is 19.9 Å². The highest BCUT2D eigenvalue weighted by Gasteiger charge is 2.14. The Morgan fingerprint density at radius 3 is 2.23 bits per heavy atom. The van der Waals surface area contributed by atoms with E-state index in [0.717, 1.165) is 0 Å². The molecule has 0 saturated heterocycles. The second-order valence-electron chi connectivity index (χ2n) is 5.85. The van der Waals surface area contributed by atoms with Crippen LogP contribution in [0.2, 0.25) is 0 Å². The van der Waals surface area contributed by atoms with Gasteiger partial charge in [-0.2, -0.15) is 0 Å². The largest absolute Gasteiger partial charge is 0.508 e. The summed E-state index contributed by atoms with van der Waals surface area (Å²) in [6.45, 7) is 0. The Labute approximate surface area is 148 Å². The lowest BCUT2D eigenvalue weighted by Crippen LogP contribution is -2.09. The number of hydrogen-bond donors (Lipinski definition) is 3. The van der Waals surface area contributed by atoms with E-state index >= 15 is 0 Å². The topological polar surface area (TPSA) is 82.6 Å². The van der Waals surface area contributed by atoms with Crippen molar-refractivity contribution in [3.8, 4) is 34.1 Å². The van der Waals surface area contributed by atoms with Crippen molar-refractivity contribution in [3.05, 3.63) is 83.2 Å². The molecule has 0 unspecified atom stereocenters. The normalized spacial score (nSPS) is 10.8. The minimum absolute atomic E-state index is 0.0164. The summed E-state index contributed by atoms with van der Waals surface area (Å²) >= 11 is 0. The molecule has 1 heterocycles. The molecule has 4 rings (SSSR count). The van der Waals surface area contributed by atoms with Crippen LogP contribution in [0.25, 0.3) is 22.0 Å². The van der Waals surface area contributed by atoms with Crippen molar-refractivity contribution in [2.45, 2.75) is 0 Å². The highest BCUT2D eigenvalue weighted by Crippen LogP contribution is 2.34. The number of aromatic nitrogens is 1. The van der Waals surface area contributed by atoms with E-state index in [0.29, 0.717) is 28.0 Å². The van der Waals surface area contributed by atoms with Crippen LogP contribution in [0.1, 0.15) is 0 Å². The van der Waals surface area contributed by atoms with E-state index in [2.05, 4.69) is 4.98 Å². The van der Waals surface area contributed by atoms with E-state index in [1.807, 2.05) is 30.3 Å². The van der Waals surface area contributed by atoms with Crippen molar-refractivity contribution in [1.82, 2.24) is 4.98 Å². The lowest BCUT2D eigenvalue weighted by atomic mass is 10.0. The van der Waals surface area contributed by atoms with Gasteiger partial charge in [-0.15, -0.1) is 0 Å². The van der Waals surface area contributed by atoms with Crippen LogP contribution in [0.3, 0.4) is 0 Å². The van der Waals surface area contributed by atoms with Crippen LogP contribution in [0, 0.1) is 0 Å². The predicted molar refractivity (Wildman–Crippen MR) is 99.9 cm³/mol. The second kappa shape index (κ2) is 6.29. The van der Waals surface area contributed by atoms with E-state index in [1.165, 1.54) is 12.1 Å². The summed E-state index contributed by atoms with van der Waals surface area (Å²) in [5.41, 5.74) is 0.686. The Balaban J connectivity index is 1.74. The lowest BCUT2D eigenvalue weighted by Gasteiger charge is -2.09. The fourth-order valence-electron chi connectivity index (χ4n) is 2.85. The molecular weight excluding hydrogens is 330 g/mol. The van der Waals surface area contributed by atoms with Gasteiger partial charge in [0.2, 0.25) is 0 Å². The third kappa shape index (κ3) is 2.86. The molecule has 5 nitrogen and oxygen atoms in total. The summed E-state index contributed by atoms with van der Waals surface area (Å²) in [5, 5.41) is 20.5. The monoisotopic (exact) mass is 345 g/mol. The average molecular weight is 345 g/mol. The van der Waals surface area contributed by atoms with Crippen LogP contribution in [0.5, 0.6) is 23.0 Å². The number of phenols is 1. The predicted octanol–water partition coefficient (Wildman–Crippen LogP) is 4.40. The number of benzene rings is 3. The summed E-state index contributed by atoms with van der Waals surface area (Å²) in [6, 6.07) is 20.7. The third-order valence-corrected chi connectivity index (χ3v) is 4.09. The molecule has 0 aliphatic heterocycles. The van der Waals surface area contributed by atoms with Crippen molar-refractivity contribution in [2.24, 2.45) is 0 Å². The average Bonchev–Trinajstić information content (AvgIpc) is 2.63. The van der Waals surface area contributed by atoms with Gasteiger partial charge in [0.25, 0.3) is 5.56 Å². The van der Waals surface area contributed by atoms with Crippen LogP contribution < -0.4 is 10.3 Å². The Bertz CT molecular complexity index is 1130. The van der Waals surface area contributed by atoms with Gasteiger partial charge in [0.1, 0.15) is 23.0 Å². The third-order valence-electron chi connectivity index (χ3n) is 4.09. The Morgan fingerprint density at radius 1 is 0.808 bits per heavy atom. The van der Waals surface area contributed by atoms with Crippen LogP contribution in [0.4, 0.5) is 0 Å². The molecule has 0 spiro atoms. The number of phenolic OH excluding ortho intramolecular Hbond substituents is 1. The smallest absolute Gasteiger partial charge is 0.260 e. The highest BCUT2D eigenvalue weighted by molar-refractivity contribution is 5.92. The van der Waals surface area contributed by atoms with Gasteiger partial charge in [-0.25, -0.2) is 0 Å². The van der Waals surface area contributed by atoms with Gasteiger partial charge in [0.05, 0.1) is 11.1 Å². The minimum Gasteiger partial charge on any atom is -0.508 e. The van der Waals surface area contributed by atoms with Gasteiger partial charge in [-0.3, -0.25) is 4.79 Å². The standard InChI is InChI=1S/C21H15NO4/c23-14-8-11-17-18(12-14)22-21(25)19(20(17)24)13-6-9-16(10-7-13)26-15-4-2-1-3-5-15/h1-12,23H,(H2,22,24,25). The summed E-state index contributed by atoms with van der Waals surface area (Å²) in [7, 11) is 0. The van der Waals surface area contributed by atoms with E-state index in [9.17, 15) is 15.0 Å². The molecule has 26 heavy (non-hydrogen) atoms. The Hall–Kier alpha value is -3.73. The molecule has 1 aromatic heterocycles. The van der Waals surface area contributed by atoms with Crippen molar-refractivity contribution >= 4 is 10.9 Å². The van der Waals surface area contributed by atoms with E-state index in [1.54, 1.807) is 30.3 Å². The van der Waals surface area contributed by atoms with Crippen molar-refractivity contribution in [2.75, 3.05) is 0 Å². The number of fused-ring (bicyclic) bond motifs is 1. The molecule has 128 valence electrons. The molecular formula is C21H15NO4. The maximum absolute atomic E-state index is 12.4. The molecule has 0 radical (unpaired) electrons. The summed E-state index contributed by atoms with van der Waals surface area (Å²) < 4.78 is 5.74. The first-order valence-electron chi connectivity index (χ1n) is 8.03. The fraction of sp³-hybridized carbons (Fsp3) is 0. The van der Waals surface area contributed by atoms with Crippen molar-refractivity contribution in [3.63, 3.8) is 0 Å². The molecule has 0 amide bonds. The summed E-state index contributed by atoms with van der Waals surface area (Å²) in [4.78, 5) is 15.1. The number of aromatic hydroxyl groups is 2. The molecule has 0 saturated carbocycles. The number of ether oxygens (including phenoxy) is 1. The van der Waals surface area contributed by atoms with Crippen molar-refractivity contribution < 1.29 is 14.9 Å². The number of aromatic amines is 1. The zero-order valence-corrected chi connectivity index (χ0v) is 13.6. The highest BCUT2D eigenvalue weighted by atomic mass is 16.5. The van der Waals surface area contributed by atoms with E-state index in [4.69, 9.17) is 4.74 Å². The molecule has 0 aliphatic rings. The van der Waals surface area contributed by atoms with Crippen LogP contribution >= 0.6 is 0 Å². The van der Waals surface area contributed by atoms with Gasteiger partial charge in [-0.1, -0.05) is 30.3 Å². The number of hydrogen-bond acceptors (Lipinski definition) is 4. The molecule has 0 aliphatic carbocycles. The van der Waals surface area contributed by atoms with Gasteiger partial charge >= 0.3 is 0 Å². The first-order chi connectivity index (χ1) is 12.6. The first-order valence-corrected chi connectivity index (χ1v) is 8.03. The minimum atomic E-state index is -0.433. The number of pyridine rings is 1. The Kier molecular flexibility index (Phi) is 3.82. The molecule has 3 N–H and O–H groups in total. The van der Waals surface area contributed by atoms with E-state index < -0.39 is 5.56 Å². The quantitative estimate of drug-likeness (QED) is 0.514. The maximum Gasteiger partial charge on any atom is 0.260 e. The van der Waals surface area contributed by atoms with Crippen LogP contribution in [-0.2, 0) is 0 Å². The SMILES string of the molecule is O=c1[nH]c2cc(O)ccc2c(O)c1-c1ccc(Oc2ccccc2)cc1. The first kappa shape index (κ1) is 15.8. The molecule has 0 atom stereocenters. The van der Waals surface area contributed by atoms with E-state index in [-0.39, 0.29) is 17.1 Å². The van der Waals surface area contributed by atoms with Crippen LogP contribution in [-0.4, -0.2) is 15.2 Å². The molecule has 3 aromatic carbocycles.